The van der Waals surface area contributed by atoms with Gasteiger partial charge in [-0.1, -0.05) is 12.1 Å². The molecule has 0 aliphatic carbocycles. The molecule has 0 aliphatic heterocycles. The molecule has 96 valence electrons. The summed E-state index contributed by atoms with van der Waals surface area (Å²) in [5.41, 5.74) is 6.93. The molecule has 1 aromatic rings. The maximum absolute atomic E-state index is 13.4. The van der Waals surface area contributed by atoms with Gasteiger partial charge in [0, 0.05) is 12.3 Å². The molecule has 2 N–H and O–H groups in total. The van der Waals surface area contributed by atoms with Gasteiger partial charge in [-0.25, -0.2) is 12.8 Å². The van der Waals surface area contributed by atoms with E-state index in [-0.39, 0.29) is 5.82 Å². The number of hydrogen-bond donors (Lipinski definition) is 1. The Morgan fingerprint density at radius 3 is 2.29 bits per heavy atom. The SMILES string of the molecule is Cc1ccc(C(N)C(C)(C)S(C)(=O)=O)cc1F. The minimum atomic E-state index is -3.32. The van der Waals surface area contributed by atoms with Crippen molar-refractivity contribution in [1.82, 2.24) is 0 Å². The lowest BCUT2D eigenvalue weighted by Crippen LogP contribution is -2.42. The van der Waals surface area contributed by atoms with E-state index in [1.54, 1.807) is 32.9 Å². The largest absolute Gasteiger partial charge is 0.323 e. The van der Waals surface area contributed by atoms with Crippen molar-refractivity contribution in [3.63, 3.8) is 0 Å². The van der Waals surface area contributed by atoms with Gasteiger partial charge in [0.2, 0.25) is 0 Å². The third-order valence-corrected chi connectivity index (χ3v) is 5.42. The van der Waals surface area contributed by atoms with Crippen LogP contribution in [-0.4, -0.2) is 19.4 Å². The molecule has 0 heterocycles. The topological polar surface area (TPSA) is 60.2 Å². The molecule has 0 radical (unpaired) electrons. The van der Waals surface area contributed by atoms with Crippen LogP contribution in [0, 0.1) is 12.7 Å². The third-order valence-electron chi connectivity index (χ3n) is 3.26. The molecule has 3 nitrogen and oxygen atoms in total. The molecule has 17 heavy (non-hydrogen) atoms. The lowest BCUT2D eigenvalue weighted by atomic mass is 9.95. The highest BCUT2D eigenvalue weighted by Gasteiger charge is 2.37. The average molecular weight is 259 g/mol. The van der Waals surface area contributed by atoms with Crippen LogP contribution in [0.3, 0.4) is 0 Å². The zero-order valence-electron chi connectivity index (χ0n) is 10.5. The Bertz CT molecular complexity index is 523. The summed E-state index contributed by atoms with van der Waals surface area (Å²) in [5, 5.41) is 0. The van der Waals surface area contributed by atoms with E-state index < -0.39 is 20.6 Å². The summed E-state index contributed by atoms with van der Waals surface area (Å²) in [7, 11) is -3.32. The Labute approximate surface area is 102 Å². The van der Waals surface area contributed by atoms with Crippen LogP contribution in [-0.2, 0) is 9.84 Å². The summed E-state index contributed by atoms with van der Waals surface area (Å²) in [6, 6.07) is 3.80. The molecule has 1 aromatic carbocycles. The van der Waals surface area contributed by atoms with Crippen molar-refractivity contribution in [3.8, 4) is 0 Å². The first-order valence-corrected chi connectivity index (χ1v) is 7.17. The predicted molar refractivity (Wildman–Crippen MR) is 67.0 cm³/mol. The molecule has 1 rings (SSSR count). The first kappa shape index (κ1) is 14.1. The summed E-state index contributed by atoms with van der Waals surface area (Å²) in [6.45, 7) is 4.74. The third kappa shape index (κ3) is 2.66. The van der Waals surface area contributed by atoms with Crippen molar-refractivity contribution in [2.45, 2.75) is 31.6 Å². The summed E-state index contributed by atoms with van der Waals surface area (Å²) < 4.78 is 35.6. The molecule has 0 saturated carbocycles. The summed E-state index contributed by atoms with van der Waals surface area (Å²) >= 11 is 0. The summed E-state index contributed by atoms with van der Waals surface area (Å²) in [5.74, 6) is -0.373. The number of nitrogens with two attached hydrogens (primary N) is 1. The fraction of sp³-hybridized carbons (Fsp3) is 0.500. The van der Waals surface area contributed by atoms with Gasteiger partial charge in [0.15, 0.2) is 9.84 Å². The second-order valence-corrected chi connectivity index (χ2v) is 7.46. The molecule has 0 saturated heterocycles. The van der Waals surface area contributed by atoms with Crippen LogP contribution >= 0.6 is 0 Å². The Kier molecular flexibility index (Phi) is 3.64. The minimum Gasteiger partial charge on any atom is -0.323 e. The van der Waals surface area contributed by atoms with Gasteiger partial charge in [-0.05, 0) is 38.0 Å². The van der Waals surface area contributed by atoms with Gasteiger partial charge >= 0.3 is 0 Å². The number of benzene rings is 1. The second kappa shape index (κ2) is 4.38. The van der Waals surface area contributed by atoms with Crippen LogP contribution in [0.15, 0.2) is 18.2 Å². The van der Waals surface area contributed by atoms with Crippen molar-refractivity contribution in [2.75, 3.05) is 6.26 Å². The van der Waals surface area contributed by atoms with Gasteiger partial charge in [-0.3, -0.25) is 0 Å². The summed E-state index contributed by atoms with van der Waals surface area (Å²) in [6.07, 6.45) is 1.14. The molecule has 1 atom stereocenters. The number of sulfone groups is 1. The van der Waals surface area contributed by atoms with Gasteiger partial charge in [0.05, 0.1) is 4.75 Å². The van der Waals surface area contributed by atoms with E-state index in [0.717, 1.165) is 6.26 Å². The smallest absolute Gasteiger partial charge is 0.154 e. The van der Waals surface area contributed by atoms with Crippen LogP contribution in [0.4, 0.5) is 4.39 Å². The highest BCUT2D eigenvalue weighted by Crippen LogP contribution is 2.30. The molecule has 5 heteroatoms. The fourth-order valence-corrected chi connectivity index (χ4v) is 2.03. The molecule has 1 unspecified atom stereocenters. The van der Waals surface area contributed by atoms with Crippen molar-refractivity contribution in [1.29, 1.82) is 0 Å². The van der Waals surface area contributed by atoms with Gasteiger partial charge in [0.25, 0.3) is 0 Å². The predicted octanol–water partition coefficient (Wildman–Crippen LogP) is 1.96. The van der Waals surface area contributed by atoms with Crippen LogP contribution in [0.2, 0.25) is 0 Å². The molecular weight excluding hydrogens is 241 g/mol. The van der Waals surface area contributed by atoms with Gasteiger partial charge in [-0.2, -0.15) is 0 Å². The number of halogens is 1. The normalized spacial score (nSPS) is 14.7. The average Bonchev–Trinajstić information content (AvgIpc) is 2.19. The molecule has 0 bridgehead atoms. The summed E-state index contributed by atoms with van der Waals surface area (Å²) in [4.78, 5) is 0. The quantitative estimate of drug-likeness (QED) is 0.902. The van der Waals surface area contributed by atoms with E-state index in [0.29, 0.717) is 11.1 Å². The first-order chi connectivity index (χ1) is 7.57. The van der Waals surface area contributed by atoms with Gasteiger partial charge in [-0.15, -0.1) is 0 Å². The van der Waals surface area contributed by atoms with E-state index in [2.05, 4.69) is 0 Å². The van der Waals surface area contributed by atoms with E-state index in [9.17, 15) is 12.8 Å². The molecule has 0 fully saturated rings. The molecule has 0 amide bonds. The number of hydrogen-bond acceptors (Lipinski definition) is 3. The maximum atomic E-state index is 13.4. The minimum absolute atomic E-state index is 0.373. The Morgan fingerprint density at radius 1 is 1.35 bits per heavy atom. The van der Waals surface area contributed by atoms with E-state index in [1.807, 2.05) is 0 Å². The standard InChI is InChI=1S/C12H18FNO2S/c1-8-5-6-9(7-10(8)13)11(14)12(2,3)17(4,15)16/h5-7,11H,14H2,1-4H3. The van der Waals surface area contributed by atoms with E-state index >= 15 is 0 Å². The first-order valence-electron chi connectivity index (χ1n) is 5.28. The monoisotopic (exact) mass is 259 g/mol. The van der Waals surface area contributed by atoms with Crippen LogP contribution in [0.5, 0.6) is 0 Å². The lowest BCUT2D eigenvalue weighted by Gasteiger charge is -2.30. The molecule has 0 aliphatic rings. The van der Waals surface area contributed by atoms with Crippen LogP contribution in [0.1, 0.15) is 31.0 Å². The maximum Gasteiger partial charge on any atom is 0.154 e. The molecular formula is C12H18FNO2S. The van der Waals surface area contributed by atoms with E-state index in [4.69, 9.17) is 5.73 Å². The van der Waals surface area contributed by atoms with Gasteiger partial charge in [0.1, 0.15) is 5.82 Å². The van der Waals surface area contributed by atoms with Gasteiger partial charge < -0.3 is 5.73 Å². The molecule has 0 aromatic heterocycles. The van der Waals surface area contributed by atoms with Crippen LogP contribution < -0.4 is 5.73 Å². The van der Waals surface area contributed by atoms with Crippen molar-refractivity contribution < 1.29 is 12.8 Å². The zero-order valence-corrected chi connectivity index (χ0v) is 11.3. The fourth-order valence-electron chi connectivity index (χ4n) is 1.43. The van der Waals surface area contributed by atoms with E-state index in [1.165, 1.54) is 6.07 Å². The van der Waals surface area contributed by atoms with Crippen molar-refractivity contribution in [3.05, 3.63) is 35.1 Å². The lowest BCUT2D eigenvalue weighted by molar-refractivity contribution is 0.494. The number of rotatable bonds is 3. The Morgan fingerprint density at radius 2 is 1.88 bits per heavy atom. The zero-order chi connectivity index (χ0) is 13.4. The highest BCUT2D eigenvalue weighted by molar-refractivity contribution is 7.92. The van der Waals surface area contributed by atoms with Crippen molar-refractivity contribution >= 4 is 9.84 Å². The Balaban J connectivity index is 3.21. The number of aryl methyl sites for hydroxylation is 1. The second-order valence-electron chi connectivity index (χ2n) is 4.86. The Hall–Kier alpha value is -0.940. The van der Waals surface area contributed by atoms with Crippen molar-refractivity contribution in [2.24, 2.45) is 5.73 Å². The highest BCUT2D eigenvalue weighted by atomic mass is 32.2. The molecule has 0 spiro atoms. The van der Waals surface area contributed by atoms with Crippen LogP contribution in [0.25, 0.3) is 0 Å².